The Hall–Kier alpha value is -3.09. The number of phenols is 2. The molecule has 2 aromatic rings. The van der Waals surface area contributed by atoms with Crippen LogP contribution in [0.5, 0.6) is 17.2 Å². The molecule has 0 aliphatic carbocycles. The molecule has 3 rings (SSSR count). The highest BCUT2D eigenvalue weighted by Gasteiger charge is 2.27. The number of likely N-dealkylation sites (tertiary alicyclic amines) is 1. The Balaban J connectivity index is 2.00. The number of Topliss-reactive ketones (excluding diaryl/α,β-unsaturated/α-hetero) is 1. The van der Waals surface area contributed by atoms with Crippen molar-refractivity contribution >= 4 is 17.9 Å². The number of piperidine rings is 1. The lowest BCUT2D eigenvalue weighted by Gasteiger charge is -2.32. The van der Waals surface area contributed by atoms with E-state index in [1.165, 1.54) is 13.2 Å². The van der Waals surface area contributed by atoms with Gasteiger partial charge in [-0.3, -0.25) is 9.69 Å². The van der Waals surface area contributed by atoms with Gasteiger partial charge in [0.05, 0.1) is 13.7 Å². The maximum Gasteiger partial charge on any atom is 0.187 e. The van der Waals surface area contributed by atoms with Crippen molar-refractivity contribution in [2.45, 2.75) is 26.5 Å². The van der Waals surface area contributed by atoms with Crippen LogP contribution in [0, 0.1) is 0 Å². The van der Waals surface area contributed by atoms with Crippen LogP contribution < -0.4 is 4.74 Å². The van der Waals surface area contributed by atoms with Crippen molar-refractivity contribution in [3.05, 3.63) is 64.2 Å². The molecule has 3 N–H and O–H groups in total. The number of methoxy groups -OCH3 is 1. The Morgan fingerprint density at radius 2 is 1.57 bits per heavy atom. The number of hydrogen-bond donors (Lipinski definition) is 3. The first-order valence-corrected chi connectivity index (χ1v) is 9.82. The average Bonchev–Trinajstić information content (AvgIpc) is 2.73. The quantitative estimate of drug-likeness (QED) is 0.656. The van der Waals surface area contributed by atoms with Gasteiger partial charge in [-0.25, -0.2) is 0 Å². The lowest BCUT2D eigenvalue weighted by Crippen LogP contribution is -2.41. The number of aliphatic hydroxyl groups excluding tert-OH is 1. The van der Waals surface area contributed by atoms with E-state index in [2.05, 4.69) is 18.7 Å². The van der Waals surface area contributed by atoms with Crippen LogP contribution in [0.4, 0.5) is 0 Å². The van der Waals surface area contributed by atoms with Gasteiger partial charge >= 0.3 is 0 Å². The molecule has 0 amide bonds. The van der Waals surface area contributed by atoms with Crippen molar-refractivity contribution in [2.24, 2.45) is 0 Å². The Labute approximate surface area is 176 Å². The molecule has 0 spiro atoms. The van der Waals surface area contributed by atoms with E-state index in [0.29, 0.717) is 35.5 Å². The first-order chi connectivity index (χ1) is 14.3. The van der Waals surface area contributed by atoms with Crippen LogP contribution in [0.3, 0.4) is 0 Å². The normalized spacial score (nSPS) is 17.8. The van der Waals surface area contributed by atoms with Gasteiger partial charge in [0, 0.05) is 35.8 Å². The van der Waals surface area contributed by atoms with Crippen LogP contribution in [0.25, 0.3) is 12.2 Å². The van der Waals surface area contributed by atoms with E-state index in [1.807, 2.05) is 6.08 Å². The Morgan fingerprint density at radius 1 is 1.00 bits per heavy atom. The summed E-state index contributed by atoms with van der Waals surface area (Å²) in [6, 6.07) is 10.1. The minimum atomic E-state index is -0.275. The summed E-state index contributed by atoms with van der Waals surface area (Å²) in [4.78, 5) is 15.4. The van der Waals surface area contributed by atoms with Gasteiger partial charge in [0.15, 0.2) is 17.3 Å². The summed E-state index contributed by atoms with van der Waals surface area (Å²) in [5, 5.41) is 29.0. The molecule has 1 aliphatic heterocycles. The van der Waals surface area contributed by atoms with Gasteiger partial charge in [-0.2, -0.15) is 0 Å². The zero-order valence-corrected chi connectivity index (χ0v) is 17.4. The maximum atomic E-state index is 13.2. The molecular formula is C24H27NO5. The average molecular weight is 409 g/mol. The highest BCUT2D eigenvalue weighted by atomic mass is 16.5. The van der Waals surface area contributed by atoms with Gasteiger partial charge in [-0.05, 0) is 61.4 Å². The number of benzene rings is 2. The topological polar surface area (TPSA) is 90.2 Å². The highest BCUT2D eigenvalue weighted by molar-refractivity contribution is 6.14. The van der Waals surface area contributed by atoms with Crippen molar-refractivity contribution in [1.82, 2.24) is 4.90 Å². The zero-order chi connectivity index (χ0) is 21.8. The van der Waals surface area contributed by atoms with Crippen molar-refractivity contribution in [3.8, 4) is 17.2 Å². The summed E-state index contributed by atoms with van der Waals surface area (Å²) in [6.45, 7) is 4.93. The second-order valence-corrected chi connectivity index (χ2v) is 7.64. The van der Waals surface area contributed by atoms with Crippen LogP contribution in [-0.2, 0) is 11.4 Å². The Morgan fingerprint density at radius 3 is 2.10 bits per heavy atom. The molecule has 1 aliphatic rings. The van der Waals surface area contributed by atoms with Crippen molar-refractivity contribution in [1.29, 1.82) is 0 Å². The van der Waals surface area contributed by atoms with Crippen LogP contribution >= 0.6 is 0 Å². The van der Waals surface area contributed by atoms with Crippen molar-refractivity contribution in [2.75, 3.05) is 20.2 Å². The zero-order valence-electron chi connectivity index (χ0n) is 17.4. The third-order valence-electron chi connectivity index (χ3n) is 5.22. The van der Waals surface area contributed by atoms with Gasteiger partial charge < -0.3 is 20.1 Å². The molecule has 1 fully saturated rings. The number of hydrogen-bond acceptors (Lipinski definition) is 6. The summed E-state index contributed by atoms with van der Waals surface area (Å²) in [7, 11) is 1.48. The fourth-order valence-electron chi connectivity index (χ4n) is 3.44. The van der Waals surface area contributed by atoms with E-state index >= 15 is 0 Å². The number of carbonyl (C=O) groups excluding carboxylic acids is 1. The third kappa shape index (κ3) is 4.72. The lowest BCUT2D eigenvalue weighted by atomic mass is 9.93. The summed E-state index contributed by atoms with van der Waals surface area (Å²) < 4.78 is 5.17. The number of carbonyl (C=O) groups is 1. The Kier molecular flexibility index (Phi) is 6.59. The van der Waals surface area contributed by atoms with E-state index in [4.69, 9.17) is 4.74 Å². The number of ketones is 1. The molecule has 0 radical (unpaired) electrons. The van der Waals surface area contributed by atoms with Crippen LogP contribution in [-0.4, -0.2) is 52.2 Å². The lowest BCUT2D eigenvalue weighted by molar-refractivity contribution is -0.113. The molecule has 1 saturated heterocycles. The molecule has 2 aromatic carbocycles. The second-order valence-electron chi connectivity index (χ2n) is 7.64. The Bertz CT molecular complexity index is 931. The second kappa shape index (κ2) is 9.15. The van der Waals surface area contributed by atoms with Crippen LogP contribution in [0.1, 0.15) is 30.5 Å². The van der Waals surface area contributed by atoms with E-state index < -0.39 is 0 Å². The van der Waals surface area contributed by atoms with Gasteiger partial charge in [-0.15, -0.1) is 0 Å². The first kappa shape index (κ1) is 21.6. The molecule has 6 nitrogen and oxygen atoms in total. The number of aliphatic hydroxyl groups is 1. The van der Waals surface area contributed by atoms with Crippen LogP contribution in [0.2, 0.25) is 0 Å². The molecule has 30 heavy (non-hydrogen) atoms. The van der Waals surface area contributed by atoms with Gasteiger partial charge in [0.1, 0.15) is 5.75 Å². The summed E-state index contributed by atoms with van der Waals surface area (Å²) in [6.07, 6.45) is 3.63. The third-order valence-corrected chi connectivity index (χ3v) is 5.22. The standard InChI is InChI=1S/C24H27NO5/c1-15(2)25-12-18(8-16-4-6-21(27)20(10-16)14-26)24(29)19(13-25)9-17-5-7-22(28)23(11-17)30-3/h4-11,15,26-28H,12-14H2,1-3H3/b18-8+,19-9+. The fraction of sp³-hybridized carbons (Fsp3) is 0.292. The minimum Gasteiger partial charge on any atom is -0.508 e. The number of nitrogens with zero attached hydrogens (tertiary/aromatic N) is 1. The first-order valence-electron chi connectivity index (χ1n) is 9.82. The number of aromatic hydroxyl groups is 2. The molecule has 0 bridgehead atoms. The fourth-order valence-corrected chi connectivity index (χ4v) is 3.44. The molecule has 0 unspecified atom stereocenters. The van der Waals surface area contributed by atoms with E-state index in [0.717, 1.165) is 11.1 Å². The number of phenolic OH excluding ortho intramolecular Hbond substituents is 1. The molecular weight excluding hydrogens is 382 g/mol. The SMILES string of the molecule is COc1cc(/C=C2\CN(C(C)C)C/C(=C\c3ccc(O)c(CO)c3)C2=O)ccc1O. The smallest absolute Gasteiger partial charge is 0.187 e. The van der Waals surface area contributed by atoms with E-state index in [1.54, 1.807) is 36.4 Å². The molecule has 158 valence electrons. The maximum absolute atomic E-state index is 13.2. The molecule has 0 saturated carbocycles. The van der Waals surface area contributed by atoms with E-state index in [-0.39, 0.29) is 29.9 Å². The monoisotopic (exact) mass is 409 g/mol. The van der Waals surface area contributed by atoms with Crippen LogP contribution in [0.15, 0.2) is 47.5 Å². The molecule has 6 heteroatoms. The van der Waals surface area contributed by atoms with Gasteiger partial charge in [0.2, 0.25) is 0 Å². The largest absolute Gasteiger partial charge is 0.508 e. The number of rotatable bonds is 5. The van der Waals surface area contributed by atoms with Crippen molar-refractivity contribution < 1.29 is 24.9 Å². The van der Waals surface area contributed by atoms with Gasteiger partial charge in [-0.1, -0.05) is 12.1 Å². The summed E-state index contributed by atoms with van der Waals surface area (Å²) >= 11 is 0. The van der Waals surface area contributed by atoms with Gasteiger partial charge in [0.25, 0.3) is 0 Å². The molecule has 0 aromatic heterocycles. The van der Waals surface area contributed by atoms with E-state index in [9.17, 15) is 20.1 Å². The summed E-state index contributed by atoms with van der Waals surface area (Å²) in [5.74, 6) is 0.383. The highest BCUT2D eigenvalue weighted by Crippen LogP contribution is 2.29. The predicted molar refractivity (Wildman–Crippen MR) is 116 cm³/mol. The minimum absolute atomic E-state index is 0.0280. The molecule has 1 heterocycles. The molecule has 0 atom stereocenters. The summed E-state index contributed by atoms with van der Waals surface area (Å²) in [5.41, 5.74) is 3.22. The number of ether oxygens (including phenoxy) is 1. The predicted octanol–water partition coefficient (Wildman–Crippen LogP) is 3.36. The van der Waals surface area contributed by atoms with Crippen molar-refractivity contribution in [3.63, 3.8) is 0 Å².